The standard InChI is InChI=1S/C10H22O3/c1-4-5-6-12-7-10(11)8-13-9(2)3/h9-11H,4-8H2,1-3H3. The minimum Gasteiger partial charge on any atom is -0.388 e. The molecular formula is C10H22O3. The van der Waals surface area contributed by atoms with Crippen molar-refractivity contribution in [2.24, 2.45) is 0 Å². The molecular weight excluding hydrogens is 168 g/mol. The van der Waals surface area contributed by atoms with E-state index in [0.29, 0.717) is 13.2 Å². The first-order valence-corrected chi connectivity index (χ1v) is 5.04. The molecule has 3 nitrogen and oxygen atoms in total. The molecule has 0 aliphatic rings. The van der Waals surface area contributed by atoms with Gasteiger partial charge in [0.2, 0.25) is 0 Å². The zero-order chi connectivity index (χ0) is 10.1. The number of hydrogen-bond acceptors (Lipinski definition) is 3. The number of ether oxygens (including phenoxy) is 2. The molecule has 0 aromatic heterocycles. The second kappa shape index (κ2) is 8.48. The first-order chi connectivity index (χ1) is 6.16. The van der Waals surface area contributed by atoms with Gasteiger partial charge in [0.25, 0.3) is 0 Å². The lowest BCUT2D eigenvalue weighted by molar-refractivity contribution is -0.0357. The third-order valence-corrected chi connectivity index (χ3v) is 1.57. The van der Waals surface area contributed by atoms with Gasteiger partial charge in [-0.3, -0.25) is 0 Å². The maximum Gasteiger partial charge on any atom is 0.101 e. The van der Waals surface area contributed by atoms with E-state index in [1.165, 1.54) is 0 Å². The Hall–Kier alpha value is -0.120. The van der Waals surface area contributed by atoms with E-state index < -0.39 is 6.10 Å². The van der Waals surface area contributed by atoms with Gasteiger partial charge in [-0.2, -0.15) is 0 Å². The van der Waals surface area contributed by atoms with Crippen LogP contribution in [0.2, 0.25) is 0 Å². The molecule has 0 aliphatic heterocycles. The molecule has 0 amide bonds. The van der Waals surface area contributed by atoms with Crippen LogP contribution in [0, 0.1) is 0 Å². The van der Waals surface area contributed by atoms with Gasteiger partial charge < -0.3 is 14.6 Å². The van der Waals surface area contributed by atoms with Crippen molar-refractivity contribution >= 4 is 0 Å². The van der Waals surface area contributed by atoms with Crippen LogP contribution in [-0.4, -0.2) is 37.1 Å². The Balaban J connectivity index is 3.15. The zero-order valence-corrected chi connectivity index (χ0v) is 8.95. The summed E-state index contributed by atoms with van der Waals surface area (Å²) in [5.74, 6) is 0. The van der Waals surface area contributed by atoms with Gasteiger partial charge in [0.15, 0.2) is 0 Å². The fourth-order valence-corrected chi connectivity index (χ4v) is 0.817. The first-order valence-electron chi connectivity index (χ1n) is 5.04. The van der Waals surface area contributed by atoms with Crippen LogP contribution in [0.3, 0.4) is 0 Å². The summed E-state index contributed by atoms with van der Waals surface area (Å²) in [6, 6.07) is 0. The van der Waals surface area contributed by atoms with Crippen molar-refractivity contribution in [1.82, 2.24) is 0 Å². The maximum absolute atomic E-state index is 9.35. The average molecular weight is 190 g/mol. The molecule has 0 radical (unpaired) electrons. The Morgan fingerprint density at radius 2 is 1.92 bits per heavy atom. The largest absolute Gasteiger partial charge is 0.388 e. The Morgan fingerprint density at radius 3 is 2.46 bits per heavy atom. The summed E-state index contributed by atoms with van der Waals surface area (Å²) >= 11 is 0. The number of hydrogen-bond donors (Lipinski definition) is 1. The van der Waals surface area contributed by atoms with Crippen LogP contribution in [0.1, 0.15) is 33.6 Å². The highest BCUT2D eigenvalue weighted by molar-refractivity contribution is 4.52. The molecule has 80 valence electrons. The highest BCUT2D eigenvalue weighted by Crippen LogP contribution is 1.94. The molecule has 0 bridgehead atoms. The van der Waals surface area contributed by atoms with Crippen LogP contribution < -0.4 is 0 Å². The molecule has 0 saturated heterocycles. The predicted molar refractivity (Wildman–Crippen MR) is 52.8 cm³/mol. The van der Waals surface area contributed by atoms with E-state index in [1.807, 2.05) is 13.8 Å². The normalized spacial score (nSPS) is 13.6. The summed E-state index contributed by atoms with van der Waals surface area (Å²) < 4.78 is 10.5. The van der Waals surface area contributed by atoms with Crippen molar-refractivity contribution in [3.05, 3.63) is 0 Å². The van der Waals surface area contributed by atoms with E-state index in [9.17, 15) is 5.11 Å². The van der Waals surface area contributed by atoms with E-state index >= 15 is 0 Å². The van der Waals surface area contributed by atoms with Gasteiger partial charge in [0.1, 0.15) is 6.10 Å². The van der Waals surface area contributed by atoms with E-state index in [-0.39, 0.29) is 6.10 Å². The molecule has 0 aromatic carbocycles. The van der Waals surface area contributed by atoms with Crippen LogP contribution in [0.15, 0.2) is 0 Å². The van der Waals surface area contributed by atoms with E-state index in [4.69, 9.17) is 9.47 Å². The van der Waals surface area contributed by atoms with Crippen LogP contribution in [0.4, 0.5) is 0 Å². The Kier molecular flexibility index (Phi) is 8.40. The molecule has 0 heterocycles. The van der Waals surface area contributed by atoms with Crippen LogP contribution in [-0.2, 0) is 9.47 Å². The molecule has 0 rings (SSSR count). The van der Waals surface area contributed by atoms with Gasteiger partial charge in [-0.05, 0) is 20.3 Å². The monoisotopic (exact) mass is 190 g/mol. The molecule has 0 aromatic rings. The van der Waals surface area contributed by atoms with E-state index in [1.54, 1.807) is 0 Å². The summed E-state index contributed by atoms with van der Waals surface area (Å²) in [4.78, 5) is 0. The average Bonchev–Trinajstić information content (AvgIpc) is 2.09. The Labute approximate surface area is 81.0 Å². The fourth-order valence-electron chi connectivity index (χ4n) is 0.817. The smallest absolute Gasteiger partial charge is 0.101 e. The second-order valence-electron chi connectivity index (χ2n) is 3.46. The lowest BCUT2D eigenvalue weighted by Crippen LogP contribution is -2.23. The maximum atomic E-state index is 9.35. The summed E-state index contributed by atoms with van der Waals surface area (Å²) in [6.45, 7) is 7.49. The van der Waals surface area contributed by atoms with Gasteiger partial charge >= 0.3 is 0 Å². The Morgan fingerprint density at radius 1 is 1.23 bits per heavy atom. The third-order valence-electron chi connectivity index (χ3n) is 1.57. The molecule has 0 aliphatic carbocycles. The molecule has 3 heteroatoms. The molecule has 0 fully saturated rings. The van der Waals surface area contributed by atoms with Crippen LogP contribution in [0.5, 0.6) is 0 Å². The SMILES string of the molecule is CCCCOCC(O)COC(C)C. The number of rotatable bonds is 8. The lowest BCUT2D eigenvalue weighted by Gasteiger charge is -2.13. The van der Waals surface area contributed by atoms with Gasteiger partial charge in [-0.15, -0.1) is 0 Å². The first kappa shape index (κ1) is 12.9. The topological polar surface area (TPSA) is 38.7 Å². The predicted octanol–water partition coefficient (Wildman–Crippen LogP) is 1.59. The summed E-state index contributed by atoms with van der Waals surface area (Å²) in [6.07, 6.45) is 1.86. The summed E-state index contributed by atoms with van der Waals surface area (Å²) in [5, 5.41) is 9.35. The number of aliphatic hydroxyl groups excluding tert-OH is 1. The van der Waals surface area contributed by atoms with Crippen molar-refractivity contribution in [1.29, 1.82) is 0 Å². The van der Waals surface area contributed by atoms with Crippen molar-refractivity contribution < 1.29 is 14.6 Å². The number of unbranched alkanes of at least 4 members (excludes halogenated alkanes) is 1. The minimum absolute atomic E-state index is 0.172. The summed E-state index contributed by atoms with van der Waals surface area (Å²) in [7, 11) is 0. The lowest BCUT2D eigenvalue weighted by atomic mass is 10.3. The van der Waals surface area contributed by atoms with Gasteiger partial charge in [0, 0.05) is 6.61 Å². The van der Waals surface area contributed by atoms with Gasteiger partial charge in [-0.25, -0.2) is 0 Å². The van der Waals surface area contributed by atoms with Crippen LogP contribution in [0.25, 0.3) is 0 Å². The third kappa shape index (κ3) is 9.80. The second-order valence-corrected chi connectivity index (χ2v) is 3.46. The zero-order valence-electron chi connectivity index (χ0n) is 8.95. The molecule has 1 unspecified atom stereocenters. The van der Waals surface area contributed by atoms with Crippen molar-refractivity contribution in [2.45, 2.75) is 45.8 Å². The van der Waals surface area contributed by atoms with Gasteiger partial charge in [-0.1, -0.05) is 13.3 Å². The Bertz CT molecular complexity index is 104. The molecule has 1 N–H and O–H groups in total. The summed E-state index contributed by atoms with van der Waals surface area (Å²) in [5.41, 5.74) is 0. The van der Waals surface area contributed by atoms with Gasteiger partial charge in [0.05, 0.1) is 19.3 Å². The highest BCUT2D eigenvalue weighted by Gasteiger charge is 2.05. The van der Waals surface area contributed by atoms with Crippen molar-refractivity contribution in [3.8, 4) is 0 Å². The van der Waals surface area contributed by atoms with E-state index in [2.05, 4.69) is 6.92 Å². The van der Waals surface area contributed by atoms with Crippen molar-refractivity contribution in [2.75, 3.05) is 19.8 Å². The number of aliphatic hydroxyl groups is 1. The molecule has 13 heavy (non-hydrogen) atoms. The van der Waals surface area contributed by atoms with E-state index in [0.717, 1.165) is 19.4 Å². The van der Waals surface area contributed by atoms with Crippen LogP contribution >= 0.6 is 0 Å². The molecule has 1 atom stereocenters. The fraction of sp³-hybridized carbons (Fsp3) is 1.00. The highest BCUT2D eigenvalue weighted by atomic mass is 16.5. The van der Waals surface area contributed by atoms with Crippen molar-refractivity contribution in [3.63, 3.8) is 0 Å². The molecule has 0 spiro atoms. The quantitative estimate of drug-likeness (QED) is 0.591. The minimum atomic E-state index is -0.487. The molecule has 0 saturated carbocycles.